The Labute approximate surface area is 80.8 Å². The van der Waals surface area contributed by atoms with Gasteiger partial charge in [-0.15, -0.1) is 0 Å². The second kappa shape index (κ2) is 4.28. The molecule has 0 aromatic rings. The molecule has 0 saturated carbocycles. The van der Waals surface area contributed by atoms with Gasteiger partial charge in [0.05, 0.1) is 12.5 Å². The fourth-order valence-corrected chi connectivity index (χ4v) is 2.42. The van der Waals surface area contributed by atoms with Crippen molar-refractivity contribution in [2.24, 2.45) is 5.92 Å². The molecule has 0 aromatic carbocycles. The highest BCUT2D eigenvalue weighted by molar-refractivity contribution is 14.1. The van der Waals surface area contributed by atoms with Crippen molar-refractivity contribution in [3.8, 4) is 0 Å². The van der Waals surface area contributed by atoms with E-state index in [4.69, 9.17) is 4.74 Å². The Balaban J connectivity index is 2.45. The topological polar surface area (TPSA) is 26.3 Å². The van der Waals surface area contributed by atoms with Gasteiger partial charge in [0, 0.05) is 3.92 Å². The molecule has 1 aliphatic rings. The third-order valence-electron chi connectivity index (χ3n) is 1.92. The smallest absolute Gasteiger partial charge is 0.308 e. The first kappa shape index (κ1) is 9.29. The van der Waals surface area contributed by atoms with Crippen LogP contribution in [0.4, 0.5) is 0 Å². The van der Waals surface area contributed by atoms with E-state index in [9.17, 15) is 4.79 Å². The fourth-order valence-electron chi connectivity index (χ4n) is 1.22. The predicted octanol–water partition coefficient (Wildman–Crippen LogP) is 2.15. The molecule has 64 valence electrons. The number of hydrogen-bond acceptors (Lipinski definition) is 2. The molecule has 2 unspecified atom stereocenters. The number of halogens is 1. The van der Waals surface area contributed by atoms with E-state index in [0.29, 0.717) is 10.5 Å². The molecule has 2 nitrogen and oxygen atoms in total. The van der Waals surface area contributed by atoms with Crippen LogP contribution in [0.5, 0.6) is 0 Å². The quantitative estimate of drug-likeness (QED) is 0.382. The van der Waals surface area contributed by atoms with Crippen LogP contribution in [0.15, 0.2) is 0 Å². The van der Waals surface area contributed by atoms with Crippen molar-refractivity contribution >= 4 is 28.6 Å². The van der Waals surface area contributed by atoms with E-state index in [2.05, 4.69) is 22.6 Å². The molecule has 1 fully saturated rings. The maximum absolute atomic E-state index is 11.1. The van der Waals surface area contributed by atoms with Gasteiger partial charge in [-0.2, -0.15) is 0 Å². The van der Waals surface area contributed by atoms with Gasteiger partial charge >= 0.3 is 5.97 Å². The lowest BCUT2D eigenvalue weighted by Gasteiger charge is -2.18. The normalized spacial score (nSPS) is 33.8. The number of esters is 1. The zero-order valence-corrected chi connectivity index (χ0v) is 8.84. The molecule has 0 aromatic heterocycles. The largest absolute Gasteiger partial charge is 0.465 e. The Morgan fingerprint density at radius 2 is 2.36 bits per heavy atom. The van der Waals surface area contributed by atoms with Gasteiger partial charge in [0.2, 0.25) is 0 Å². The molecular formula is C8H13IO2. The Morgan fingerprint density at radius 3 is 3.09 bits per heavy atom. The number of ether oxygens (including phenoxy) is 1. The van der Waals surface area contributed by atoms with Crippen LogP contribution in [0.3, 0.4) is 0 Å². The molecule has 2 atom stereocenters. The van der Waals surface area contributed by atoms with Crippen molar-refractivity contribution < 1.29 is 9.53 Å². The lowest BCUT2D eigenvalue weighted by atomic mass is 10.0. The number of hydrogen-bond donors (Lipinski definition) is 0. The van der Waals surface area contributed by atoms with Crippen molar-refractivity contribution in [1.29, 1.82) is 0 Å². The Hall–Kier alpha value is 0.200. The lowest BCUT2D eigenvalue weighted by molar-refractivity contribution is -0.148. The minimum absolute atomic E-state index is 0.0219. The van der Waals surface area contributed by atoms with E-state index in [1.165, 1.54) is 6.42 Å². The summed E-state index contributed by atoms with van der Waals surface area (Å²) in [7, 11) is 0. The van der Waals surface area contributed by atoms with E-state index in [1.807, 2.05) is 6.92 Å². The first-order valence-electron chi connectivity index (χ1n) is 4.01. The number of alkyl halides is 1. The SMILES string of the molecule is CC1CC(I)CCCOC1=O. The standard InChI is InChI=1S/C8H13IO2/c1-6-5-7(9)3-2-4-11-8(6)10/h6-7H,2-5H2,1H3. The monoisotopic (exact) mass is 268 g/mol. The second-order valence-electron chi connectivity index (χ2n) is 3.04. The summed E-state index contributed by atoms with van der Waals surface area (Å²) in [5.74, 6) is 0.0727. The van der Waals surface area contributed by atoms with Crippen LogP contribution in [0.25, 0.3) is 0 Å². The van der Waals surface area contributed by atoms with Crippen molar-refractivity contribution in [2.75, 3.05) is 6.61 Å². The molecule has 0 aliphatic carbocycles. The van der Waals surface area contributed by atoms with Crippen LogP contribution in [-0.4, -0.2) is 16.5 Å². The third kappa shape index (κ3) is 2.97. The minimum Gasteiger partial charge on any atom is -0.465 e. The van der Waals surface area contributed by atoms with E-state index < -0.39 is 0 Å². The van der Waals surface area contributed by atoms with Crippen molar-refractivity contribution in [1.82, 2.24) is 0 Å². The zero-order valence-electron chi connectivity index (χ0n) is 6.68. The summed E-state index contributed by atoms with van der Waals surface area (Å²) in [6.45, 7) is 2.56. The molecule has 1 saturated heterocycles. The summed E-state index contributed by atoms with van der Waals surface area (Å²) in [6.07, 6.45) is 3.17. The summed E-state index contributed by atoms with van der Waals surface area (Å²) < 4.78 is 5.65. The van der Waals surface area contributed by atoms with Crippen molar-refractivity contribution in [2.45, 2.75) is 30.1 Å². The van der Waals surface area contributed by atoms with E-state index >= 15 is 0 Å². The van der Waals surface area contributed by atoms with Crippen molar-refractivity contribution in [3.63, 3.8) is 0 Å². The van der Waals surface area contributed by atoms with Gasteiger partial charge in [-0.05, 0) is 19.3 Å². The molecule has 3 heteroatoms. The van der Waals surface area contributed by atoms with Gasteiger partial charge in [0.1, 0.15) is 0 Å². The Morgan fingerprint density at radius 1 is 1.64 bits per heavy atom. The summed E-state index contributed by atoms with van der Waals surface area (Å²) in [5.41, 5.74) is 0. The number of cyclic esters (lactones) is 1. The molecule has 1 rings (SSSR count). The van der Waals surface area contributed by atoms with Gasteiger partial charge in [-0.3, -0.25) is 4.79 Å². The van der Waals surface area contributed by atoms with Crippen LogP contribution in [0.1, 0.15) is 26.2 Å². The predicted molar refractivity (Wildman–Crippen MR) is 51.8 cm³/mol. The molecule has 11 heavy (non-hydrogen) atoms. The first-order valence-corrected chi connectivity index (χ1v) is 5.25. The molecule has 1 aliphatic heterocycles. The molecule has 0 radical (unpaired) electrons. The first-order chi connectivity index (χ1) is 5.20. The average molecular weight is 268 g/mol. The molecule has 0 bridgehead atoms. The third-order valence-corrected chi connectivity index (χ3v) is 3.05. The average Bonchev–Trinajstić information content (AvgIpc) is 1.95. The summed E-state index contributed by atoms with van der Waals surface area (Å²) in [4.78, 5) is 11.1. The number of carbonyl (C=O) groups is 1. The van der Waals surface area contributed by atoms with Crippen molar-refractivity contribution in [3.05, 3.63) is 0 Å². The van der Waals surface area contributed by atoms with Crippen LogP contribution < -0.4 is 0 Å². The summed E-state index contributed by atoms with van der Waals surface area (Å²) in [5, 5.41) is 0. The maximum Gasteiger partial charge on any atom is 0.308 e. The minimum atomic E-state index is -0.0219. The highest BCUT2D eigenvalue weighted by Gasteiger charge is 2.20. The van der Waals surface area contributed by atoms with Gasteiger partial charge in [0.25, 0.3) is 0 Å². The van der Waals surface area contributed by atoms with Crippen LogP contribution >= 0.6 is 22.6 Å². The highest BCUT2D eigenvalue weighted by Crippen LogP contribution is 2.21. The lowest BCUT2D eigenvalue weighted by Crippen LogP contribution is -2.22. The Kier molecular flexibility index (Phi) is 3.62. The molecule has 0 N–H and O–H groups in total. The Bertz CT molecular complexity index is 147. The summed E-state index contributed by atoms with van der Waals surface area (Å²) >= 11 is 2.42. The van der Waals surface area contributed by atoms with E-state index in [0.717, 1.165) is 12.8 Å². The maximum atomic E-state index is 11.1. The van der Waals surface area contributed by atoms with E-state index in [-0.39, 0.29) is 11.9 Å². The molecule has 0 amide bonds. The molecule has 1 heterocycles. The van der Waals surface area contributed by atoms with Gasteiger partial charge < -0.3 is 4.74 Å². The van der Waals surface area contributed by atoms with Gasteiger partial charge in [-0.25, -0.2) is 0 Å². The highest BCUT2D eigenvalue weighted by atomic mass is 127. The number of carbonyl (C=O) groups excluding carboxylic acids is 1. The second-order valence-corrected chi connectivity index (χ2v) is 4.81. The van der Waals surface area contributed by atoms with Crippen LogP contribution in [-0.2, 0) is 9.53 Å². The zero-order chi connectivity index (χ0) is 8.27. The fraction of sp³-hybridized carbons (Fsp3) is 0.875. The van der Waals surface area contributed by atoms with Gasteiger partial charge in [0.15, 0.2) is 0 Å². The van der Waals surface area contributed by atoms with Crippen LogP contribution in [0, 0.1) is 5.92 Å². The van der Waals surface area contributed by atoms with Gasteiger partial charge in [-0.1, -0.05) is 29.5 Å². The summed E-state index contributed by atoms with van der Waals surface area (Å²) in [6, 6.07) is 0. The van der Waals surface area contributed by atoms with E-state index in [1.54, 1.807) is 0 Å². The van der Waals surface area contributed by atoms with Crippen LogP contribution in [0.2, 0.25) is 0 Å². The molecular weight excluding hydrogens is 255 g/mol. The number of rotatable bonds is 0. The molecule has 0 spiro atoms.